The number of hydrogen-bond donors (Lipinski definition) is 1. The van der Waals surface area contributed by atoms with Gasteiger partial charge in [-0.05, 0) is 31.9 Å². The molecule has 1 rings (SSSR count). The molecule has 0 aliphatic carbocycles. The lowest BCUT2D eigenvalue weighted by Crippen LogP contribution is -2.30. The van der Waals surface area contributed by atoms with E-state index in [1.54, 1.807) is 11.9 Å². The fourth-order valence-electron chi connectivity index (χ4n) is 1.80. The van der Waals surface area contributed by atoms with Gasteiger partial charge in [-0.1, -0.05) is 17.7 Å². The van der Waals surface area contributed by atoms with E-state index in [-0.39, 0.29) is 12.3 Å². The molecule has 21 heavy (non-hydrogen) atoms. The summed E-state index contributed by atoms with van der Waals surface area (Å²) in [6, 6.07) is 7.77. The van der Waals surface area contributed by atoms with Crippen molar-refractivity contribution < 1.29 is 19.4 Å². The number of unbranched alkanes of at least 4 members (excludes halogenated alkanes) is 1. The second-order valence-corrected chi connectivity index (χ2v) is 5.08. The molecule has 5 heteroatoms. The number of carboxylic acid groups (broad SMARTS) is 1. The number of ether oxygens (including phenoxy) is 1. The van der Waals surface area contributed by atoms with Gasteiger partial charge in [-0.15, -0.1) is 0 Å². The molecule has 0 fully saturated rings. The number of aliphatic carboxylic acids is 1. The fraction of sp³-hybridized carbons (Fsp3) is 0.500. The Morgan fingerprint density at radius 1 is 1.14 bits per heavy atom. The van der Waals surface area contributed by atoms with Crippen molar-refractivity contribution in [2.75, 3.05) is 20.2 Å². The molecule has 1 amide bonds. The van der Waals surface area contributed by atoms with Gasteiger partial charge in [-0.25, -0.2) is 0 Å². The highest BCUT2D eigenvalue weighted by atomic mass is 16.5. The first-order valence-electron chi connectivity index (χ1n) is 7.14. The zero-order chi connectivity index (χ0) is 15.7. The molecule has 0 aliphatic rings. The quantitative estimate of drug-likeness (QED) is 0.710. The van der Waals surface area contributed by atoms with Crippen molar-refractivity contribution in [1.29, 1.82) is 0 Å². The van der Waals surface area contributed by atoms with E-state index in [1.165, 1.54) is 5.56 Å². The maximum Gasteiger partial charge on any atom is 0.303 e. The number of rotatable bonds is 9. The number of likely N-dealkylation sites (N-methyl/N-ethyl adjacent to an activating group) is 1. The van der Waals surface area contributed by atoms with Gasteiger partial charge in [0.2, 0.25) is 5.91 Å². The SMILES string of the molecule is Cc1ccc(OCCN(C)C(=O)CCCCC(=O)O)cc1. The molecule has 0 saturated carbocycles. The zero-order valence-corrected chi connectivity index (χ0v) is 12.7. The minimum atomic E-state index is -0.817. The predicted molar refractivity (Wildman–Crippen MR) is 80.4 cm³/mol. The number of hydrogen-bond acceptors (Lipinski definition) is 3. The van der Waals surface area contributed by atoms with Crippen LogP contribution in [0.25, 0.3) is 0 Å². The molecular formula is C16H23NO4. The third-order valence-corrected chi connectivity index (χ3v) is 3.17. The number of aryl methyl sites for hydroxylation is 1. The van der Waals surface area contributed by atoms with Crippen molar-refractivity contribution in [2.45, 2.75) is 32.6 Å². The van der Waals surface area contributed by atoms with Crippen molar-refractivity contribution in [3.63, 3.8) is 0 Å². The minimum absolute atomic E-state index is 0.0212. The van der Waals surface area contributed by atoms with E-state index in [0.29, 0.717) is 32.4 Å². The highest BCUT2D eigenvalue weighted by Gasteiger charge is 2.08. The van der Waals surface area contributed by atoms with Gasteiger partial charge in [0.05, 0.1) is 6.54 Å². The van der Waals surface area contributed by atoms with Gasteiger partial charge in [0.25, 0.3) is 0 Å². The van der Waals surface area contributed by atoms with Gasteiger partial charge >= 0.3 is 5.97 Å². The van der Waals surface area contributed by atoms with Crippen LogP contribution in [0, 0.1) is 6.92 Å². The van der Waals surface area contributed by atoms with Crippen LogP contribution in [0.3, 0.4) is 0 Å². The third-order valence-electron chi connectivity index (χ3n) is 3.17. The zero-order valence-electron chi connectivity index (χ0n) is 12.7. The average Bonchev–Trinajstić information content (AvgIpc) is 2.45. The lowest BCUT2D eigenvalue weighted by atomic mass is 10.2. The van der Waals surface area contributed by atoms with Crippen LogP contribution in [-0.2, 0) is 9.59 Å². The molecule has 0 spiro atoms. The number of amides is 1. The second kappa shape index (κ2) is 9.00. The molecule has 0 aromatic heterocycles. The van der Waals surface area contributed by atoms with Crippen molar-refractivity contribution >= 4 is 11.9 Å². The number of benzene rings is 1. The smallest absolute Gasteiger partial charge is 0.303 e. The summed E-state index contributed by atoms with van der Waals surface area (Å²) >= 11 is 0. The Morgan fingerprint density at radius 2 is 1.76 bits per heavy atom. The molecule has 0 saturated heterocycles. The van der Waals surface area contributed by atoms with Crippen LogP contribution in [0.5, 0.6) is 5.75 Å². The summed E-state index contributed by atoms with van der Waals surface area (Å²) in [5.41, 5.74) is 1.18. The standard InChI is InChI=1S/C16H23NO4/c1-13-7-9-14(10-8-13)21-12-11-17(2)15(18)5-3-4-6-16(19)20/h7-10H,3-6,11-12H2,1-2H3,(H,19,20). The summed E-state index contributed by atoms with van der Waals surface area (Å²) in [5.74, 6) is -0.00176. The van der Waals surface area contributed by atoms with Crippen molar-refractivity contribution in [1.82, 2.24) is 4.90 Å². The van der Waals surface area contributed by atoms with E-state index in [0.717, 1.165) is 5.75 Å². The summed E-state index contributed by atoms with van der Waals surface area (Å²) in [7, 11) is 1.73. The van der Waals surface area contributed by atoms with Crippen LogP contribution in [0.2, 0.25) is 0 Å². The van der Waals surface area contributed by atoms with Crippen molar-refractivity contribution in [3.05, 3.63) is 29.8 Å². The summed E-state index contributed by atoms with van der Waals surface area (Å²) in [4.78, 5) is 23.8. The first-order valence-corrected chi connectivity index (χ1v) is 7.14. The van der Waals surface area contributed by atoms with Gasteiger partial charge in [-0.2, -0.15) is 0 Å². The van der Waals surface area contributed by atoms with Gasteiger partial charge in [0, 0.05) is 19.9 Å². The van der Waals surface area contributed by atoms with Crippen LogP contribution in [0.15, 0.2) is 24.3 Å². The number of carbonyl (C=O) groups excluding carboxylic acids is 1. The molecule has 0 radical (unpaired) electrons. The molecule has 1 aromatic carbocycles. The van der Waals surface area contributed by atoms with Gasteiger partial charge in [-0.3, -0.25) is 9.59 Å². The number of carbonyl (C=O) groups is 2. The molecule has 1 N–H and O–H groups in total. The normalized spacial score (nSPS) is 10.2. The van der Waals surface area contributed by atoms with Crippen LogP contribution in [-0.4, -0.2) is 42.1 Å². The monoisotopic (exact) mass is 293 g/mol. The Labute approximate surface area is 125 Å². The Balaban J connectivity index is 2.17. The fourth-order valence-corrected chi connectivity index (χ4v) is 1.80. The second-order valence-electron chi connectivity index (χ2n) is 5.08. The van der Waals surface area contributed by atoms with E-state index in [2.05, 4.69) is 0 Å². The van der Waals surface area contributed by atoms with Crippen molar-refractivity contribution in [2.24, 2.45) is 0 Å². The highest BCUT2D eigenvalue weighted by Crippen LogP contribution is 2.11. The topological polar surface area (TPSA) is 66.8 Å². The highest BCUT2D eigenvalue weighted by molar-refractivity contribution is 5.75. The van der Waals surface area contributed by atoms with Crippen LogP contribution in [0.1, 0.15) is 31.2 Å². The number of nitrogens with zero attached hydrogens (tertiary/aromatic N) is 1. The molecule has 0 heterocycles. The molecule has 0 aliphatic heterocycles. The molecule has 116 valence electrons. The van der Waals surface area contributed by atoms with Crippen LogP contribution in [0.4, 0.5) is 0 Å². The molecule has 5 nitrogen and oxygen atoms in total. The van der Waals surface area contributed by atoms with Crippen LogP contribution >= 0.6 is 0 Å². The van der Waals surface area contributed by atoms with E-state index in [9.17, 15) is 9.59 Å². The number of carboxylic acids is 1. The maximum absolute atomic E-state index is 11.8. The Hall–Kier alpha value is -2.04. The Kier molecular flexibility index (Phi) is 7.29. The molecule has 1 aromatic rings. The Bertz CT molecular complexity index is 456. The first kappa shape index (κ1) is 17.0. The van der Waals surface area contributed by atoms with E-state index in [1.807, 2.05) is 31.2 Å². The van der Waals surface area contributed by atoms with Gasteiger partial charge < -0.3 is 14.7 Å². The molecular weight excluding hydrogens is 270 g/mol. The molecule has 0 atom stereocenters. The summed E-state index contributed by atoms with van der Waals surface area (Å²) in [6.45, 7) is 2.98. The summed E-state index contributed by atoms with van der Waals surface area (Å²) in [6.07, 6.45) is 1.64. The summed E-state index contributed by atoms with van der Waals surface area (Å²) < 4.78 is 5.57. The molecule has 0 bridgehead atoms. The van der Waals surface area contributed by atoms with E-state index < -0.39 is 5.97 Å². The lowest BCUT2D eigenvalue weighted by molar-refractivity contribution is -0.137. The van der Waals surface area contributed by atoms with E-state index in [4.69, 9.17) is 9.84 Å². The largest absolute Gasteiger partial charge is 0.492 e. The first-order chi connectivity index (χ1) is 9.99. The minimum Gasteiger partial charge on any atom is -0.492 e. The Morgan fingerprint density at radius 3 is 2.38 bits per heavy atom. The average molecular weight is 293 g/mol. The molecule has 0 unspecified atom stereocenters. The van der Waals surface area contributed by atoms with E-state index >= 15 is 0 Å². The third kappa shape index (κ3) is 7.34. The maximum atomic E-state index is 11.8. The lowest BCUT2D eigenvalue weighted by Gasteiger charge is -2.17. The predicted octanol–water partition coefficient (Wildman–Crippen LogP) is 2.48. The van der Waals surface area contributed by atoms with Crippen molar-refractivity contribution in [3.8, 4) is 5.75 Å². The summed E-state index contributed by atoms with van der Waals surface area (Å²) in [5, 5.41) is 8.52. The van der Waals surface area contributed by atoms with Gasteiger partial charge in [0.15, 0.2) is 0 Å². The van der Waals surface area contributed by atoms with Crippen LogP contribution < -0.4 is 4.74 Å². The van der Waals surface area contributed by atoms with Gasteiger partial charge in [0.1, 0.15) is 12.4 Å².